The molecule has 0 saturated heterocycles. The molecule has 142 valence electrons. The monoisotopic (exact) mass is 342 g/mol. The van der Waals surface area contributed by atoms with E-state index >= 15 is 0 Å². The van der Waals surface area contributed by atoms with Crippen molar-refractivity contribution in [3.63, 3.8) is 0 Å². The van der Waals surface area contributed by atoms with Crippen molar-refractivity contribution in [2.45, 2.75) is 96.9 Å². The summed E-state index contributed by atoms with van der Waals surface area (Å²) in [6.45, 7) is 34.4. The molecule has 0 atom stereocenters. The molecule has 0 spiro atoms. The number of hydrogen-bond donors (Lipinski definition) is 0. The number of rotatable bonds is 0. The lowest BCUT2D eigenvalue weighted by Crippen LogP contribution is -2.60. The second-order valence-electron chi connectivity index (χ2n) is 10.9. The third-order valence-electron chi connectivity index (χ3n) is 10.5. The molecule has 0 heterocycles. The summed E-state index contributed by atoms with van der Waals surface area (Å²) in [4.78, 5) is 0. The van der Waals surface area contributed by atoms with E-state index in [4.69, 9.17) is 0 Å². The number of hydrogen-bond acceptors (Lipinski definition) is 0. The van der Waals surface area contributed by atoms with Crippen molar-refractivity contribution in [2.75, 3.05) is 0 Å². The van der Waals surface area contributed by atoms with Crippen molar-refractivity contribution in [1.29, 1.82) is 0 Å². The topological polar surface area (TPSA) is 0 Å². The molecule has 3 rings (SSSR count). The van der Waals surface area contributed by atoms with E-state index in [0.717, 1.165) is 0 Å². The normalized spacial score (nSPS) is 37.2. The van der Waals surface area contributed by atoms with Crippen LogP contribution in [-0.2, 0) is 0 Å². The Bertz CT molecular complexity index is 617. The Hall–Kier alpha value is -0.780. The molecule has 0 aromatic rings. The van der Waals surface area contributed by atoms with Crippen molar-refractivity contribution in [2.24, 2.45) is 27.1 Å². The molecule has 3 aliphatic carbocycles. The average Bonchev–Trinajstić information content (AvgIpc) is 2.53. The largest absolute Gasteiger partial charge is 0.0669 e. The van der Waals surface area contributed by atoms with Gasteiger partial charge in [0.1, 0.15) is 0 Å². The molecule has 0 heteroatoms. The second-order valence-corrected chi connectivity index (χ2v) is 10.9. The summed E-state index contributed by atoms with van der Waals surface area (Å²) < 4.78 is 0. The third kappa shape index (κ3) is 1.90. The minimum atomic E-state index is 0.0197. The lowest BCUT2D eigenvalue weighted by Gasteiger charge is -2.67. The first kappa shape index (κ1) is 20.5. The highest BCUT2D eigenvalue weighted by atomic mass is 14.7. The smallest absolute Gasteiger partial charge is 0.0301 e. The van der Waals surface area contributed by atoms with Crippen LogP contribution in [0.4, 0.5) is 0 Å². The predicted molar refractivity (Wildman–Crippen MR) is 113 cm³/mol. The Labute approximate surface area is 157 Å². The molecule has 0 aliphatic heterocycles. The van der Waals surface area contributed by atoms with Gasteiger partial charge in [0.25, 0.3) is 0 Å². The molecule has 0 amide bonds. The van der Waals surface area contributed by atoms with E-state index in [1.54, 1.807) is 33.4 Å². The summed E-state index contributed by atoms with van der Waals surface area (Å²) in [5.74, 6) is 0. The van der Waals surface area contributed by atoms with Gasteiger partial charge in [-0.2, -0.15) is 0 Å². The standard InChI is InChI=1S/C25H42/c1-15-18(4)24(13)19(5)16(2)22(9,10)25(14,21(15,7)8)23(11,12)17(3)20(24)6/h1-14H3. The van der Waals surface area contributed by atoms with Crippen molar-refractivity contribution >= 4 is 0 Å². The Morgan fingerprint density at radius 1 is 0.360 bits per heavy atom. The second kappa shape index (κ2) is 5.14. The van der Waals surface area contributed by atoms with Gasteiger partial charge < -0.3 is 0 Å². The van der Waals surface area contributed by atoms with Crippen LogP contribution < -0.4 is 0 Å². The molecular formula is C25H42. The third-order valence-corrected chi connectivity index (χ3v) is 10.5. The number of fused-ring (bicyclic) bond motifs is 3. The highest BCUT2D eigenvalue weighted by molar-refractivity contribution is 5.52. The fourth-order valence-corrected chi connectivity index (χ4v) is 6.84. The molecule has 0 aromatic carbocycles. The van der Waals surface area contributed by atoms with E-state index in [-0.39, 0.29) is 27.1 Å². The first-order valence-corrected chi connectivity index (χ1v) is 10.0. The van der Waals surface area contributed by atoms with Crippen molar-refractivity contribution < 1.29 is 0 Å². The molecule has 0 N–H and O–H groups in total. The van der Waals surface area contributed by atoms with Crippen molar-refractivity contribution in [1.82, 2.24) is 0 Å². The van der Waals surface area contributed by atoms with Crippen LogP contribution in [0.25, 0.3) is 0 Å². The van der Waals surface area contributed by atoms with Gasteiger partial charge in [0.15, 0.2) is 0 Å². The average molecular weight is 343 g/mol. The van der Waals surface area contributed by atoms with Crippen LogP contribution in [0.2, 0.25) is 0 Å². The van der Waals surface area contributed by atoms with E-state index in [1.807, 2.05) is 0 Å². The fourth-order valence-electron chi connectivity index (χ4n) is 6.84. The van der Waals surface area contributed by atoms with Crippen LogP contribution in [-0.4, -0.2) is 0 Å². The highest BCUT2D eigenvalue weighted by Crippen LogP contribution is 2.72. The highest BCUT2D eigenvalue weighted by Gasteiger charge is 2.64. The first-order valence-electron chi connectivity index (χ1n) is 10.0. The Balaban J connectivity index is 3.29. The molecule has 0 unspecified atom stereocenters. The van der Waals surface area contributed by atoms with Gasteiger partial charge in [0, 0.05) is 5.41 Å². The maximum Gasteiger partial charge on any atom is 0.0301 e. The van der Waals surface area contributed by atoms with E-state index < -0.39 is 0 Å². The van der Waals surface area contributed by atoms with Gasteiger partial charge in [-0.15, -0.1) is 0 Å². The molecule has 25 heavy (non-hydrogen) atoms. The summed E-state index contributed by atoms with van der Waals surface area (Å²) in [5, 5.41) is 0. The first-order chi connectivity index (χ1) is 10.9. The minimum absolute atomic E-state index is 0.0197. The van der Waals surface area contributed by atoms with E-state index in [2.05, 4.69) is 96.9 Å². The summed E-state index contributed by atoms with van der Waals surface area (Å²) >= 11 is 0. The van der Waals surface area contributed by atoms with Gasteiger partial charge in [0.2, 0.25) is 0 Å². The van der Waals surface area contributed by atoms with Gasteiger partial charge in [-0.1, -0.05) is 81.9 Å². The maximum absolute atomic E-state index is 2.56. The molecular weight excluding hydrogens is 300 g/mol. The van der Waals surface area contributed by atoms with Gasteiger partial charge >= 0.3 is 0 Å². The van der Waals surface area contributed by atoms with E-state index in [9.17, 15) is 0 Å². The summed E-state index contributed by atoms with van der Waals surface area (Å²) in [5.41, 5.74) is 9.85. The SMILES string of the molecule is CC1=C(C)C(C)(C)C2(C)C(C)(C)C(C)=C(C)C1(C)C(C)=C(C)C2(C)C. The zero-order valence-electron chi connectivity index (χ0n) is 19.5. The van der Waals surface area contributed by atoms with Gasteiger partial charge in [0.05, 0.1) is 0 Å². The zero-order chi connectivity index (χ0) is 20.0. The van der Waals surface area contributed by atoms with Gasteiger partial charge in [-0.05, 0) is 70.1 Å². The Kier molecular flexibility index (Phi) is 4.22. The zero-order valence-corrected chi connectivity index (χ0v) is 19.5. The summed E-state index contributed by atoms with van der Waals surface area (Å²) in [6, 6.07) is 0. The molecule has 3 aliphatic rings. The molecule has 0 radical (unpaired) electrons. The molecule has 2 bridgehead atoms. The summed E-state index contributed by atoms with van der Waals surface area (Å²) in [7, 11) is 0. The van der Waals surface area contributed by atoms with Crippen molar-refractivity contribution in [3.05, 3.63) is 33.4 Å². The fraction of sp³-hybridized carbons (Fsp3) is 0.760. The van der Waals surface area contributed by atoms with Gasteiger partial charge in [-0.3, -0.25) is 0 Å². The molecule has 0 nitrogen and oxygen atoms in total. The van der Waals surface area contributed by atoms with Crippen molar-refractivity contribution in [3.8, 4) is 0 Å². The van der Waals surface area contributed by atoms with Crippen LogP contribution in [0.5, 0.6) is 0 Å². The Morgan fingerprint density at radius 2 is 0.560 bits per heavy atom. The molecule has 0 aromatic heterocycles. The summed E-state index contributed by atoms with van der Waals surface area (Å²) in [6.07, 6.45) is 0. The van der Waals surface area contributed by atoms with Gasteiger partial charge in [-0.25, -0.2) is 0 Å². The van der Waals surface area contributed by atoms with Crippen LogP contribution in [0.3, 0.4) is 0 Å². The lowest BCUT2D eigenvalue weighted by atomic mass is 9.36. The Morgan fingerprint density at radius 3 is 0.760 bits per heavy atom. The quantitative estimate of drug-likeness (QED) is 0.390. The van der Waals surface area contributed by atoms with Crippen LogP contribution in [0.15, 0.2) is 33.4 Å². The maximum atomic E-state index is 2.56. The van der Waals surface area contributed by atoms with E-state index in [0.29, 0.717) is 0 Å². The lowest BCUT2D eigenvalue weighted by molar-refractivity contribution is -0.0847. The number of allylic oxidation sites excluding steroid dienone is 6. The van der Waals surface area contributed by atoms with E-state index in [1.165, 1.54) is 0 Å². The van der Waals surface area contributed by atoms with Crippen LogP contribution in [0.1, 0.15) is 96.9 Å². The molecule has 0 fully saturated rings. The van der Waals surface area contributed by atoms with Crippen LogP contribution >= 0.6 is 0 Å². The minimum Gasteiger partial charge on any atom is -0.0669 e. The molecule has 0 saturated carbocycles. The predicted octanol–water partition coefficient (Wildman–Crippen LogP) is 8.11. The van der Waals surface area contributed by atoms with Crippen LogP contribution in [0, 0.1) is 27.1 Å².